The monoisotopic (exact) mass is 299 g/mol. The molecule has 1 aliphatic rings. The van der Waals surface area contributed by atoms with Gasteiger partial charge in [0.15, 0.2) is 0 Å². The molecule has 0 saturated heterocycles. The number of halogens is 3. The lowest BCUT2D eigenvalue weighted by Gasteiger charge is -2.34. The zero-order valence-electron chi connectivity index (χ0n) is 12.4. The Morgan fingerprint density at radius 3 is 2.19 bits per heavy atom. The van der Waals surface area contributed by atoms with Gasteiger partial charge < -0.3 is 5.73 Å². The van der Waals surface area contributed by atoms with Crippen LogP contribution >= 0.6 is 0 Å². The predicted octanol–water partition coefficient (Wildman–Crippen LogP) is 4.94. The Morgan fingerprint density at radius 2 is 1.62 bits per heavy atom. The molecule has 2 N–H and O–H groups in total. The average molecular weight is 299 g/mol. The van der Waals surface area contributed by atoms with E-state index >= 15 is 0 Å². The molecular formula is C17H24F3N. The molecule has 118 valence electrons. The molecule has 1 aromatic rings. The van der Waals surface area contributed by atoms with E-state index in [-0.39, 0.29) is 5.41 Å². The Morgan fingerprint density at radius 1 is 1.00 bits per heavy atom. The Hall–Kier alpha value is -1.03. The van der Waals surface area contributed by atoms with Gasteiger partial charge in [0.05, 0.1) is 5.56 Å². The van der Waals surface area contributed by atoms with Crippen LogP contribution in [-0.2, 0) is 12.6 Å². The van der Waals surface area contributed by atoms with Gasteiger partial charge in [0.1, 0.15) is 0 Å². The van der Waals surface area contributed by atoms with E-state index in [1.807, 2.05) is 0 Å². The van der Waals surface area contributed by atoms with Gasteiger partial charge in [-0.3, -0.25) is 0 Å². The fourth-order valence-electron chi connectivity index (χ4n) is 3.40. The van der Waals surface area contributed by atoms with Crippen molar-refractivity contribution in [2.24, 2.45) is 11.1 Å². The van der Waals surface area contributed by atoms with Crippen molar-refractivity contribution in [1.29, 1.82) is 0 Å². The lowest BCUT2D eigenvalue weighted by atomic mass is 9.72. The van der Waals surface area contributed by atoms with Crippen LogP contribution in [0, 0.1) is 5.41 Å². The summed E-state index contributed by atoms with van der Waals surface area (Å²) in [6.07, 6.45) is 4.41. The van der Waals surface area contributed by atoms with E-state index in [9.17, 15) is 13.2 Å². The van der Waals surface area contributed by atoms with E-state index in [1.165, 1.54) is 31.4 Å². The second-order valence-corrected chi connectivity index (χ2v) is 6.35. The highest BCUT2D eigenvalue weighted by atomic mass is 19.4. The first-order chi connectivity index (χ1) is 9.95. The minimum Gasteiger partial charge on any atom is -0.330 e. The smallest absolute Gasteiger partial charge is 0.330 e. The van der Waals surface area contributed by atoms with Gasteiger partial charge in [-0.2, -0.15) is 13.2 Å². The average Bonchev–Trinajstić information content (AvgIpc) is 2.41. The van der Waals surface area contributed by atoms with Crippen LogP contribution in [0.4, 0.5) is 13.2 Å². The molecule has 1 fully saturated rings. The summed E-state index contributed by atoms with van der Waals surface area (Å²) >= 11 is 0. The summed E-state index contributed by atoms with van der Waals surface area (Å²) in [7, 11) is 0. The van der Waals surface area contributed by atoms with E-state index in [0.717, 1.165) is 37.3 Å². The molecule has 1 aliphatic carbocycles. The molecule has 0 aliphatic heterocycles. The first-order valence-electron chi connectivity index (χ1n) is 7.81. The molecule has 1 saturated carbocycles. The fraction of sp³-hybridized carbons (Fsp3) is 0.647. The van der Waals surface area contributed by atoms with Gasteiger partial charge in [-0.25, -0.2) is 0 Å². The van der Waals surface area contributed by atoms with E-state index in [0.29, 0.717) is 13.0 Å². The molecule has 0 unspecified atom stereocenters. The minimum atomic E-state index is -4.27. The summed E-state index contributed by atoms with van der Waals surface area (Å²) in [5, 5.41) is 0. The van der Waals surface area contributed by atoms with Crippen LogP contribution in [0.2, 0.25) is 0 Å². The first-order valence-corrected chi connectivity index (χ1v) is 7.81. The van der Waals surface area contributed by atoms with Crippen LogP contribution in [0.25, 0.3) is 0 Å². The summed E-state index contributed by atoms with van der Waals surface area (Å²) in [6.45, 7) is 0.559. The van der Waals surface area contributed by atoms with E-state index in [2.05, 4.69) is 0 Å². The molecular weight excluding hydrogens is 275 g/mol. The fourth-order valence-corrected chi connectivity index (χ4v) is 3.40. The van der Waals surface area contributed by atoms with Crippen LogP contribution in [0.3, 0.4) is 0 Å². The van der Waals surface area contributed by atoms with Crippen LogP contribution in [0.15, 0.2) is 24.3 Å². The normalized spacial score (nSPS) is 19.8. The van der Waals surface area contributed by atoms with Crippen LogP contribution in [0.1, 0.15) is 56.1 Å². The van der Waals surface area contributed by atoms with Crippen molar-refractivity contribution in [1.82, 2.24) is 0 Å². The van der Waals surface area contributed by atoms with Gasteiger partial charge >= 0.3 is 6.18 Å². The highest BCUT2D eigenvalue weighted by Gasteiger charge is 2.32. The molecule has 0 spiro atoms. The van der Waals surface area contributed by atoms with Crippen molar-refractivity contribution in [2.45, 2.75) is 57.5 Å². The third-order valence-electron chi connectivity index (χ3n) is 4.68. The number of nitrogens with two attached hydrogens (primary N) is 1. The van der Waals surface area contributed by atoms with Crippen molar-refractivity contribution >= 4 is 0 Å². The lowest BCUT2D eigenvalue weighted by molar-refractivity contribution is -0.137. The molecule has 21 heavy (non-hydrogen) atoms. The van der Waals surface area contributed by atoms with Crippen molar-refractivity contribution in [3.63, 3.8) is 0 Å². The molecule has 0 bridgehead atoms. The molecule has 0 radical (unpaired) electrons. The van der Waals surface area contributed by atoms with Crippen molar-refractivity contribution in [2.75, 3.05) is 6.54 Å². The second-order valence-electron chi connectivity index (χ2n) is 6.35. The summed E-state index contributed by atoms with van der Waals surface area (Å²) in [4.78, 5) is 0. The second kappa shape index (κ2) is 6.82. The topological polar surface area (TPSA) is 26.0 Å². The molecule has 0 heterocycles. The van der Waals surface area contributed by atoms with E-state index in [1.54, 1.807) is 6.07 Å². The molecule has 0 aromatic heterocycles. The van der Waals surface area contributed by atoms with Crippen LogP contribution in [-0.4, -0.2) is 6.54 Å². The van der Waals surface area contributed by atoms with Gasteiger partial charge in [-0.15, -0.1) is 0 Å². The summed E-state index contributed by atoms with van der Waals surface area (Å²) in [5.41, 5.74) is 6.19. The number of hydrogen-bond donors (Lipinski definition) is 1. The quantitative estimate of drug-likeness (QED) is 0.840. The Kier molecular flexibility index (Phi) is 5.31. The zero-order valence-corrected chi connectivity index (χ0v) is 12.4. The number of rotatable bonds is 3. The lowest BCUT2D eigenvalue weighted by Crippen LogP contribution is -2.33. The Balaban J connectivity index is 2.17. The number of alkyl halides is 3. The third-order valence-corrected chi connectivity index (χ3v) is 4.68. The molecule has 0 atom stereocenters. The standard InChI is InChI=1S/C17H24F3N/c18-17(19,20)15-8-6-7-14(11-15)12-16(13-21)9-4-2-1-3-5-10-16/h6-8,11H,1-5,9-10,12-13,21H2. The summed E-state index contributed by atoms with van der Waals surface area (Å²) in [6, 6.07) is 5.73. The van der Waals surface area contributed by atoms with Gasteiger partial charge in [0.25, 0.3) is 0 Å². The summed E-state index contributed by atoms with van der Waals surface area (Å²) in [5.74, 6) is 0. The highest BCUT2D eigenvalue weighted by molar-refractivity contribution is 5.26. The number of hydrogen-bond acceptors (Lipinski definition) is 1. The maximum Gasteiger partial charge on any atom is 0.416 e. The Bertz CT molecular complexity index is 446. The largest absolute Gasteiger partial charge is 0.416 e. The SMILES string of the molecule is NCC1(Cc2cccc(C(F)(F)F)c2)CCCCCCC1. The van der Waals surface area contributed by atoms with Gasteiger partial charge in [0, 0.05) is 0 Å². The van der Waals surface area contributed by atoms with Gasteiger partial charge in [0.2, 0.25) is 0 Å². The maximum atomic E-state index is 12.8. The predicted molar refractivity (Wildman–Crippen MR) is 79.0 cm³/mol. The van der Waals surface area contributed by atoms with Crippen molar-refractivity contribution < 1.29 is 13.2 Å². The molecule has 0 amide bonds. The van der Waals surface area contributed by atoms with Gasteiger partial charge in [-0.1, -0.05) is 50.3 Å². The van der Waals surface area contributed by atoms with E-state index < -0.39 is 11.7 Å². The van der Waals surface area contributed by atoms with Gasteiger partial charge in [-0.05, 0) is 42.9 Å². The molecule has 4 heteroatoms. The van der Waals surface area contributed by atoms with Crippen LogP contribution in [0.5, 0.6) is 0 Å². The molecule has 1 aromatic carbocycles. The zero-order chi connectivity index (χ0) is 15.3. The van der Waals surface area contributed by atoms with Crippen molar-refractivity contribution in [3.8, 4) is 0 Å². The van der Waals surface area contributed by atoms with E-state index in [4.69, 9.17) is 5.73 Å². The highest BCUT2D eigenvalue weighted by Crippen LogP contribution is 2.37. The molecule has 2 rings (SSSR count). The van der Waals surface area contributed by atoms with Crippen molar-refractivity contribution in [3.05, 3.63) is 35.4 Å². The minimum absolute atomic E-state index is 0.0232. The molecule has 1 nitrogen and oxygen atoms in total. The maximum absolute atomic E-state index is 12.8. The Labute approximate surface area is 124 Å². The van der Waals surface area contributed by atoms with Crippen LogP contribution < -0.4 is 5.73 Å². The summed E-state index contributed by atoms with van der Waals surface area (Å²) < 4.78 is 38.5. The number of benzene rings is 1. The first kappa shape index (κ1) is 16.3. The third kappa shape index (κ3) is 4.47.